The number of carbonyl (C=O) groups excluding carboxylic acids is 1. The van der Waals surface area contributed by atoms with Gasteiger partial charge in [-0.25, -0.2) is 4.79 Å². The zero-order valence-electron chi connectivity index (χ0n) is 11.4. The van der Waals surface area contributed by atoms with Crippen LogP contribution in [0.2, 0.25) is 0 Å². The van der Waals surface area contributed by atoms with E-state index in [0.717, 1.165) is 17.6 Å². The fourth-order valence-corrected chi connectivity index (χ4v) is 1.99. The molecular weight excluding hydrogens is 310 g/mol. The van der Waals surface area contributed by atoms with Gasteiger partial charge in [0.05, 0.1) is 13.2 Å². The number of esters is 1. The van der Waals surface area contributed by atoms with Crippen molar-refractivity contribution in [2.45, 2.75) is 13.5 Å². The minimum absolute atomic E-state index is 0.0245. The predicted octanol–water partition coefficient (Wildman–Crippen LogP) is 2.46. The summed E-state index contributed by atoms with van der Waals surface area (Å²) in [6, 6.07) is 8.13. The molecule has 1 rings (SSSR count). The topological polar surface area (TPSA) is 38.8 Å². The Bertz CT molecular complexity index is 398. The molecule has 1 aromatic carbocycles. The number of likely N-dealkylation sites (N-methyl/N-ethyl adjacent to an activating group) is 1. The Labute approximate surface area is 122 Å². The first-order chi connectivity index (χ1) is 9.13. The molecule has 0 amide bonds. The molecule has 0 atom stereocenters. The Kier molecular flexibility index (Phi) is 7.70. The number of carbonyl (C=O) groups is 1. The number of benzene rings is 1. The van der Waals surface area contributed by atoms with Crippen LogP contribution in [-0.2, 0) is 20.8 Å². The Morgan fingerprint density at radius 3 is 2.79 bits per heavy atom. The molecule has 0 heterocycles. The first-order valence-electron chi connectivity index (χ1n) is 6.28. The smallest absolute Gasteiger partial charge is 0.332 e. The molecule has 0 saturated heterocycles. The van der Waals surface area contributed by atoms with Crippen LogP contribution in [-0.4, -0.2) is 44.3 Å². The van der Waals surface area contributed by atoms with Crippen LogP contribution in [0.3, 0.4) is 0 Å². The number of hydrogen-bond donors (Lipinski definition) is 0. The van der Waals surface area contributed by atoms with Gasteiger partial charge in [-0.2, -0.15) is 0 Å². The lowest BCUT2D eigenvalue weighted by molar-refractivity contribution is -0.148. The normalized spacial score (nSPS) is 10.7. The van der Waals surface area contributed by atoms with Gasteiger partial charge in [-0.15, -0.1) is 0 Å². The van der Waals surface area contributed by atoms with E-state index >= 15 is 0 Å². The molecule has 0 aliphatic rings. The van der Waals surface area contributed by atoms with Crippen molar-refractivity contribution in [3.8, 4) is 0 Å². The van der Waals surface area contributed by atoms with Gasteiger partial charge in [0.25, 0.3) is 0 Å². The van der Waals surface area contributed by atoms with Crippen LogP contribution < -0.4 is 0 Å². The van der Waals surface area contributed by atoms with E-state index in [4.69, 9.17) is 9.47 Å². The highest BCUT2D eigenvalue weighted by Gasteiger charge is 2.05. The van der Waals surface area contributed by atoms with E-state index in [0.29, 0.717) is 13.2 Å². The van der Waals surface area contributed by atoms with Crippen LogP contribution in [0.4, 0.5) is 0 Å². The molecule has 0 N–H and O–H groups in total. The molecule has 4 nitrogen and oxygen atoms in total. The van der Waals surface area contributed by atoms with Gasteiger partial charge >= 0.3 is 5.97 Å². The van der Waals surface area contributed by atoms with Gasteiger partial charge < -0.3 is 9.47 Å². The quantitative estimate of drug-likeness (QED) is 0.542. The predicted molar refractivity (Wildman–Crippen MR) is 77.9 cm³/mol. The highest BCUT2D eigenvalue weighted by atomic mass is 79.9. The van der Waals surface area contributed by atoms with E-state index in [1.54, 1.807) is 6.92 Å². The third-order valence-electron chi connectivity index (χ3n) is 2.54. The standard InChI is InChI=1S/C14H20BrNO3/c1-3-19-14(17)11-18-9-8-16(2)10-12-6-4-5-7-13(12)15/h4-7H,3,8-11H2,1-2H3. The minimum Gasteiger partial charge on any atom is -0.464 e. The lowest BCUT2D eigenvalue weighted by Crippen LogP contribution is -2.24. The summed E-state index contributed by atoms with van der Waals surface area (Å²) in [5.41, 5.74) is 1.23. The molecule has 19 heavy (non-hydrogen) atoms. The molecule has 0 aromatic heterocycles. The summed E-state index contributed by atoms with van der Waals surface area (Å²) in [4.78, 5) is 13.2. The number of halogens is 1. The third kappa shape index (κ3) is 6.71. The van der Waals surface area contributed by atoms with Crippen LogP contribution in [0.25, 0.3) is 0 Å². The summed E-state index contributed by atoms with van der Waals surface area (Å²) in [6.07, 6.45) is 0. The van der Waals surface area contributed by atoms with E-state index < -0.39 is 0 Å². The van der Waals surface area contributed by atoms with Crippen molar-refractivity contribution >= 4 is 21.9 Å². The van der Waals surface area contributed by atoms with E-state index in [1.165, 1.54) is 5.56 Å². The number of rotatable bonds is 8. The summed E-state index contributed by atoms with van der Waals surface area (Å²) in [6.45, 7) is 4.31. The summed E-state index contributed by atoms with van der Waals surface area (Å²) in [7, 11) is 2.02. The van der Waals surface area contributed by atoms with Gasteiger partial charge in [-0.05, 0) is 25.6 Å². The second kappa shape index (κ2) is 9.07. The van der Waals surface area contributed by atoms with Crippen LogP contribution in [0.15, 0.2) is 28.7 Å². The molecule has 0 radical (unpaired) electrons. The van der Waals surface area contributed by atoms with E-state index in [9.17, 15) is 4.79 Å². The van der Waals surface area contributed by atoms with Crippen molar-refractivity contribution in [3.05, 3.63) is 34.3 Å². The molecule has 1 aromatic rings. The lowest BCUT2D eigenvalue weighted by Gasteiger charge is -2.17. The van der Waals surface area contributed by atoms with E-state index in [-0.39, 0.29) is 12.6 Å². The van der Waals surface area contributed by atoms with Gasteiger partial charge in [-0.3, -0.25) is 4.90 Å². The third-order valence-corrected chi connectivity index (χ3v) is 3.31. The Morgan fingerprint density at radius 2 is 2.11 bits per heavy atom. The van der Waals surface area contributed by atoms with Gasteiger partial charge in [0.2, 0.25) is 0 Å². The van der Waals surface area contributed by atoms with Crippen LogP contribution in [0.5, 0.6) is 0 Å². The molecule has 0 aliphatic carbocycles. The van der Waals surface area contributed by atoms with Crippen LogP contribution in [0.1, 0.15) is 12.5 Å². The lowest BCUT2D eigenvalue weighted by atomic mass is 10.2. The summed E-state index contributed by atoms with van der Waals surface area (Å²) in [5.74, 6) is -0.309. The van der Waals surface area contributed by atoms with Gasteiger partial charge in [0, 0.05) is 17.6 Å². The van der Waals surface area contributed by atoms with Gasteiger partial charge in [-0.1, -0.05) is 34.1 Å². The maximum absolute atomic E-state index is 11.1. The minimum atomic E-state index is -0.309. The molecule has 0 saturated carbocycles. The monoisotopic (exact) mass is 329 g/mol. The first kappa shape index (κ1) is 16.1. The van der Waals surface area contributed by atoms with Crippen molar-refractivity contribution in [2.24, 2.45) is 0 Å². The average molecular weight is 330 g/mol. The van der Waals surface area contributed by atoms with E-state index in [2.05, 4.69) is 26.9 Å². The van der Waals surface area contributed by atoms with Crippen molar-refractivity contribution in [1.29, 1.82) is 0 Å². The fraction of sp³-hybridized carbons (Fsp3) is 0.500. The number of ether oxygens (including phenoxy) is 2. The zero-order valence-corrected chi connectivity index (χ0v) is 13.0. The first-order valence-corrected chi connectivity index (χ1v) is 7.08. The largest absolute Gasteiger partial charge is 0.464 e. The average Bonchev–Trinajstić information content (AvgIpc) is 2.38. The summed E-state index contributed by atoms with van der Waals surface area (Å²) >= 11 is 3.52. The number of hydrogen-bond acceptors (Lipinski definition) is 4. The Morgan fingerprint density at radius 1 is 1.37 bits per heavy atom. The van der Waals surface area contributed by atoms with Crippen molar-refractivity contribution in [2.75, 3.05) is 33.4 Å². The highest BCUT2D eigenvalue weighted by Crippen LogP contribution is 2.16. The van der Waals surface area contributed by atoms with E-state index in [1.807, 2.05) is 25.2 Å². The highest BCUT2D eigenvalue weighted by molar-refractivity contribution is 9.10. The van der Waals surface area contributed by atoms with Crippen molar-refractivity contribution in [1.82, 2.24) is 4.90 Å². The summed E-state index contributed by atoms with van der Waals surface area (Å²) < 4.78 is 11.1. The Hall–Kier alpha value is -0.910. The van der Waals surface area contributed by atoms with Gasteiger partial charge in [0.1, 0.15) is 6.61 Å². The maximum Gasteiger partial charge on any atom is 0.332 e. The SMILES string of the molecule is CCOC(=O)COCCN(C)Cc1ccccc1Br. The molecule has 5 heteroatoms. The van der Waals surface area contributed by atoms with Crippen molar-refractivity contribution < 1.29 is 14.3 Å². The number of nitrogens with zero attached hydrogens (tertiary/aromatic N) is 1. The molecule has 106 valence electrons. The molecule has 0 spiro atoms. The van der Waals surface area contributed by atoms with Gasteiger partial charge in [0.15, 0.2) is 0 Å². The summed E-state index contributed by atoms with van der Waals surface area (Å²) in [5, 5.41) is 0. The fourth-order valence-electron chi connectivity index (χ4n) is 1.58. The zero-order chi connectivity index (χ0) is 14.1. The second-order valence-electron chi connectivity index (χ2n) is 4.19. The molecule has 0 unspecified atom stereocenters. The molecule has 0 fully saturated rings. The van der Waals surface area contributed by atoms with Crippen LogP contribution >= 0.6 is 15.9 Å². The maximum atomic E-state index is 11.1. The second-order valence-corrected chi connectivity index (χ2v) is 5.04. The molecule has 0 bridgehead atoms. The molecule has 0 aliphatic heterocycles. The van der Waals surface area contributed by atoms with Crippen LogP contribution in [0, 0.1) is 0 Å². The van der Waals surface area contributed by atoms with Crippen molar-refractivity contribution in [3.63, 3.8) is 0 Å². The molecular formula is C14H20BrNO3. The Balaban J connectivity index is 2.20.